The van der Waals surface area contributed by atoms with Gasteiger partial charge in [0.15, 0.2) is 5.82 Å². The van der Waals surface area contributed by atoms with Crippen LogP contribution in [-0.4, -0.2) is 42.5 Å². The van der Waals surface area contributed by atoms with Crippen LogP contribution in [0.2, 0.25) is 0 Å². The highest BCUT2D eigenvalue weighted by atomic mass is 16.5. The van der Waals surface area contributed by atoms with Gasteiger partial charge in [-0.25, -0.2) is 4.79 Å². The van der Waals surface area contributed by atoms with E-state index in [4.69, 9.17) is 9.26 Å². The average Bonchev–Trinajstić information content (AvgIpc) is 2.75. The van der Waals surface area contributed by atoms with E-state index in [1.165, 1.54) is 0 Å². The number of carbonyl (C=O) groups excluding carboxylic acids is 1. The molecule has 0 fully saturated rings. The number of rotatable bonds is 8. The molecular formula is C11H20N4O3. The number of hydrogen-bond acceptors (Lipinski definition) is 5. The molecule has 0 saturated carbocycles. The third-order valence-corrected chi connectivity index (χ3v) is 2.15. The largest absolute Gasteiger partial charge is 0.382 e. The van der Waals surface area contributed by atoms with Gasteiger partial charge >= 0.3 is 6.03 Å². The molecule has 0 spiro atoms. The first-order chi connectivity index (χ1) is 8.72. The molecule has 1 aromatic rings. The summed E-state index contributed by atoms with van der Waals surface area (Å²) in [5.74, 6) is 1.13. The normalized spacial score (nSPS) is 10.3. The average molecular weight is 256 g/mol. The molecule has 1 heterocycles. The van der Waals surface area contributed by atoms with E-state index in [0.717, 1.165) is 6.42 Å². The Hall–Kier alpha value is -1.63. The van der Waals surface area contributed by atoms with Crippen molar-refractivity contribution in [2.45, 2.75) is 26.7 Å². The van der Waals surface area contributed by atoms with Gasteiger partial charge in [0.2, 0.25) is 5.89 Å². The molecule has 7 heteroatoms. The lowest BCUT2D eigenvalue weighted by molar-refractivity contribution is 0.145. The Morgan fingerprint density at radius 2 is 2.17 bits per heavy atom. The van der Waals surface area contributed by atoms with E-state index in [-0.39, 0.29) is 6.03 Å². The van der Waals surface area contributed by atoms with Gasteiger partial charge in [-0.3, -0.25) is 0 Å². The molecule has 7 nitrogen and oxygen atoms in total. The Labute approximate surface area is 106 Å². The van der Waals surface area contributed by atoms with Crippen molar-refractivity contribution in [3.05, 3.63) is 11.7 Å². The van der Waals surface area contributed by atoms with Crippen LogP contribution >= 0.6 is 0 Å². The first-order valence-electron chi connectivity index (χ1n) is 6.11. The third kappa shape index (κ3) is 6.19. The quantitative estimate of drug-likeness (QED) is 0.666. The highest BCUT2D eigenvalue weighted by Gasteiger charge is 2.03. The molecule has 0 aliphatic heterocycles. The number of ether oxygens (including phenoxy) is 1. The highest BCUT2D eigenvalue weighted by Crippen LogP contribution is 1.95. The number of carbonyl (C=O) groups is 1. The Kier molecular flexibility index (Phi) is 6.78. The fourth-order valence-electron chi connectivity index (χ4n) is 1.31. The van der Waals surface area contributed by atoms with Crippen LogP contribution in [0, 0.1) is 6.92 Å². The van der Waals surface area contributed by atoms with Crippen molar-refractivity contribution in [3.8, 4) is 0 Å². The minimum Gasteiger partial charge on any atom is -0.382 e. The summed E-state index contributed by atoms with van der Waals surface area (Å²) in [6.07, 6.45) is 1.34. The molecule has 0 saturated heterocycles. The van der Waals surface area contributed by atoms with Crippen molar-refractivity contribution in [1.82, 2.24) is 20.8 Å². The van der Waals surface area contributed by atoms with E-state index in [0.29, 0.717) is 44.4 Å². The molecule has 2 N–H and O–H groups in total. The summed E-state index contributed by atoms with van der Waals surface area (Å²) in [5, 5.41) is 9.11. The fraction of sp³-hybridized carbons (Fsp3) is 0.727. The second-order valence-electron chi connectivity index (χ2n) is 3.72. The van der Waals surface area contributed by atoms with E-state index in [2.05, 4.69) is 20.8 Å². The first kappa shape index (κ1) is 14.4. The van der Waals surface area contributed by atoms with Crippen molar-refractivity contribution in [1.29, 1.82) is 0 Å². The van der Waals surface area contributed by atoms with E-state index < -0.39 is 0 Å². The Morgan fingerprint density at radius 3 is 2.83 bits per heavy atom. The van der Waals surface area contributed by atoms with Crippen molar-refractivity contribution in [2.24, 2.45) is 0 Å². The summed E-state index contributed by atoms with van der Waals surface area (Å²) in [6.45, 7) is 6.14. The first-order valence-corrected chi connectivity index (χ1v) is 6.11. The summed E-state index contributed by atoms with van der Waals surface area (Å²) in [7, 11) is 0. The maximum atomic E-state index is 11.3. The lowest BCUT2D eigenvalue weighted by Crippen LogP contribution is -2.37. The topological polar surface area (TPSA) is 89.3 Å². The molecule has 0 aliphatic carbocycles. The maximum Gasteiger partial charge on any atom is 0.314 e. The SMILES string of the molecule is CCOCCCNC(=O)NCCc1nc(C)no1. The van der Waals surface area contributed by atoms with Gasteiger partial charge < -0.3 is 19.9 Å². The molecular weight excluding hydrogens is 236 g/mol. The summed E-state index contributed by atoms with van der Waals surface area (Å²) in [5.41, 5.74) is 0. The molecule has 0 unspecified atom stereocenters. The number of urea groups is 1. The van der Waals surface area contributed by atoms with Crippen molar-refractivity contribution in [3.63, 3.8) is 0 Å². The van der Waals surface area contributed by atoms with Crippen molar-refractivity contribution in [2.75, 3.05) is 26.3 Å². The van der Waals surface area contributed by atoms with Crippen LogP contribution in [0.15, 0.2) is 4.52 Å². The van der Waals surface area contributed by atoms with E-state index in [1.807, 2.05) is 6.92 Å². The minimum atomic E-state index is -0.192. The van der Waals surface area contributed by atoms with Crippen molar-refractivity contribution < 1.29 is 14.1 Å². The molecule has 0 atom stereocenters. The Bertz CT molecular complexity index is 354. The second kappa shape index (κ2) is 8.46. The zero-order valence-electron chi connectivity index (χ0n) is 10.9. The van der Waals surface area contributed by atoms with Crippen LogP contribution in [0.1, 0.15) is 25.1 Å². The summed E-state index contributed by atoms with van der Waals surface area (Å²) < 4.78 is 10.1. The highest BCUT2D eigenvalue weighted by molar-refractivity contribution is 5.73. The number of nitrogens with one attached hydrogen (secondary N) is 2. The molecule has 1 rings (SSSR count). The maximum absolute atomic E-state index is 11.3. The van der Waals surface area contributed by atoms with Gasteiger partial charge in [-0.1, -0.05) is 5.16 Å². The number of amides is 2. The van der Waals surface area contributed by atoms with Gasteiger partial charge in [-0.2, -0.15) is 4.98 Å². The predicted octanol–water partition coefficient (Wildman–Crippen LogP) is 0.646. The van der Waals surface area contributed by atoms with E-state index in [9.17, 15) is 4.79 Å². The second-order valence-corrected chi connectivity index (χ2v) is 3.72. The van der Waals surface area contributed by atoms with Gasteiger partial charge in [-0.15, -0.1) is 0 Å². The molecule has 102 valence electrons. The molecule has 1 aromatic heterocycles. The molecule has 2 amide bonds. The molecule has 0 bridgehead atoms. The summed E-state index contributed by atoms with van der Waals surface area (Å²) in [4.78, 5) is 15.4. The molecule has 0 radical (unpaired) electrons. The lowest BCUT2D eigenvalue weighted by atomic mass is 10.4. The fourth-order valence-corrected chi connectivity index (χ4v) is 1.31. The molecule has 0 aliphatic rings. The van der Waals surface area contributed by atoms with Crippen LogP contribution in [-0.2, 0) is 11.2 Å². The van der Waals surface area contributed by atoms with Crippen LogP contribution in [0.3, 0.4) is 0 Å². The Balaban J connectivity index is 2.00. The smallest absolute Gasteiger partial charge is 0.314 e. The van der Waals surface area contributed by atoms with Gasteiger partial charge in [0, 0.05) is 32.7 Å². The van der Waals surface area contributed by atoms with Gasteiger partial charge in [0.25, 0.3) is 0 Å². The third-order valence-electron chi connectivity index (χ3n) is 2.15. The minimum absolute atomic E-state index is 0.192. The van der Waals surface area contributed by atoms with Crippen LogP contribution in [0.25, 0.3) is 0 Å². The van der Waals surface area contributed by atoms with Crippen LogP contribution in [0.4, 0.5) is 4.79 Å². The van der Waals surface area contributed by atoms with Gasteiger partial charge in [0.1, 0.15) is 0 Å². The van der Waals surface area contributed by atoms with E-state index >= 15 is 0 Å². The van der Waals surface area contributed by atoms with Gasteiger partial charge in [0.05, 0.1) is 0 Å². The molecule has 0 aromatic carbocycles. The number of aromatic nitrogens is 2. The molecule has 18 heavy (non-hydrogen) atoms. The number of aryl methyl sites for hydroxylation is 1. The summed E-state index contributed by atoms with van der Waals surface area (Å²) >= 11 is 0. The predicted molar refractivity (Wildman–Crippen MR) is 65.3 cm³/mol. The zero-order chi connectivity index (χ0) is 13.2. The van der Waals surface area contributed by atoms with Gasteiger partial charge in [-0.05, 0) is 20.3 Å². The van der Waals surface area contributed by atoms with Crippen LogP contribution in [0.5, 0.6) is 0 Å². The number of nitrogens with zero attached hydrogens (tertiary/aromatic N) is 2. The zero-order valence-corrected chi connectivity index (χ0v) is 10.9. The van der Waals surface area contributed by atoms with E-state index in [1.54, 1.807) is 6.92 Å². The monoisotopic (exact) mass is 256 g/mol. The lowest BCUT2D eigenvalue weighted by Gasteiger charge is -2.06. The standard InChI is InChI=1S/C11H20N4O3/c1-3-17-8-4-6-12-11(16)13-7-5-10-14-9(2)15-18-10/h3-8H2,1-2H3,(H2,12,13,16). The Morgan fingerprint density at radius 1 is 1.39 bits per heavy atom. The number of hydrogen-bond donors (Lipinski definition) is 2. The summed E-state index contributed by atoms with van der Waals surface area (Å²) in [6, 6.07) is -0.192. The van der Waals surface area contributed by atoms with Crippen LogP contribution < -0.4 is 10.6 Å². The van der Waals surface area contributed by atoms with Crippen molar-refractivity contribution >= 4 is 6.03 Å².